The Balaban J connectivity index is 0.000000487. The zero-order valence-corrected chi connectivity index (χ0v) is 9.95. The first kappa shape index (κ1) is 14.8. The number of nitrogens with zero attached hydrogens (tertiary/aromatic N) is 2. The molecule has 0 aliphatic carbocycles. The first-order valence-electron chi connectivity index (χ1n) is 5.63. The molecule has 1 rings (SSSR count). The van der Waals surface area contributed by atoms with Crippen LogP contribution in [-0.4, -0.2) is 36.1 Å². The quantitative estimate of drug-likeness (QED) is 0.773. The van der Waals surface area contributed by atoms with Crippen molar-refractivity contribution in [3.8, 4) is 6.07 Å². The molecular weight excluding hydrogens is 209 g/mol. The van der Waals surface area contributed by atoms with Gasteiger partial charge in [0.2, 0.25) is 5.91 Å². The van der Waals surface area contributed by atoms with Crippen LogP contribution in [0.1, 0.15) is 33.1 Å². The van der Waals surface area contributed by atoms with Gasteiger partial charge in [-0.2, -0.15) is 5.26 Å². The summed E-state index contributed by atoms with van der Waals surface area (Å²) in [6, 6.07) is 1.24. The van der Waals surface area contributed by atoms with E-state index in [1.54, 1.807) is 0 Å². The van der Waals surface area contributed by atoms with Crippen LogP contribution in [0.15, 0.2) is 0 Å². The maximum atomic E-state index is 12.7. The average Bonchev–Trinajstić information content (AvgIpc) is 2.69. The number of nitriles is 1. The van der Waals surface area contributed by atoms with Crippen molar-refractivity contribution in [1.29, 1.82) is 5.26 Å². The molecule has 0 spiro atoms. The smallest absolute Gasteiger partial charge is 0.237 e. The molecule has 1 aliphatic rings. The minimum absolute atomic E-state index is 0.00819. The van der Waals surface area contributed by atoms with Crippen LogP contribution < -0.4 is 5.73 Å². The minimum atomic E-state index is -1.08. The van der Waals surface area contributed by atoms with Crippen LogP contribution in [0, 0.1) is 11.3 Å². The molecular formula is C11H20FN3O. The zero-order valence-electron chi connectivity index (χ0n) is 9.95. The van der Waals surface area contributed by atoms with Crippen LogP contribution in [0.25, 0.3) is 0 Å². The highest BCUT2D eigenvalue weighted by Crippen LogP contribution is 2.19. The SMILES string of the molecule is CCCC.N#CC1C[C@H](F)CN1C(=O)CN. The fourth-order valence-electron chi connectivity index (χ4n) is 1.30. The molecule has 0 aromatic heterocycles. The van der Waals surface area contributed by atoms with Gasteiger partial charge in [-0.25, -0.2) is 4.39 Å². The number of nitrogens with two attached hydrogens (primary N) is 1. The molecule has 5 heteroatoms. The molecule has 0 aromatic rings. The summed E-state index contributed by atoms with van der Waals surface area (Å²) >= 11 is 0. The van der Waals surface area contributed by atoms with E-state index in [2.05, 4.69) is 13.8 Å². The lowest BCUT2D eigenvalue weighted by Gasteiger charge is -2.17. The van der Waals surface area contributed by atoms with Crippen LogP contribution >= 0.6 is 0 Å². The summed E-state index contributed by atoms with van der Waals surface area (Å²) in [5, 5.41) is 8.55. The van der Waals surface area contributed by atoms with Gasteiger partial charge in [-0.1, -0.05) is 26.7 Å². The minimum Gasteiger partial charge on any atom is -0.323 e. The van der Waals surface area contributed by atoms with Crippen LogP contribution in [-0.2, 0) is 4.79 Å². The topological polar surface area (TPSA) is 70.1 Å². The monoisotopic (exact) mass is 229 g/mol. The highest BCUT2D eigenvalue weighted by molar-refractivity contribution is 5.79. The number of hydrogen-bond acceptors (Lipinski definition) is 3. The van der Waals surface area contributed by atoms with Crippen molar-refractivity contribution in [2.75, 3.05) is 13.1 Å². The molecule has 1 heterocycles. The van der Waals surface area contributed by atoms with Crippen molar-refractivity contribution in [3.05, 3.63) is 0 Å². The number of halogens is 1. The summed E-state index contributed by atoms with van der Waals surface area (Å²) in [6.07, 6.45) is 1.67. The highest BCUT2D eigenvalue weighted by atomic mass is 19.1. The van der Waals surface area contributed by atoms with Gasteiger partial charge in [-0.15, -0.1) is 0 Å². The molecule has 0 radical (unpaired) electrons. The van der Waals surface area contributed by atoms with Gasteiger partial charge in [0.05, 0.1) is 19.2 Å². The van der Waals surface area contributed by atoms with Crippen molar-refractivity contribution < 1.29 is 9.18 Å². The number of amides is 1. The first-order chi connectivity index (χ1) is 7.60. The number of carbonyl (C=O) groups excluding carboxylic acids is 1. The largest absolute Gasteiger partial charge is 0.323 e. The van der Waals surface area contributed by atoms with Gasteiger partial charge in [-0.05, 0) is 0 Å². The van der Waals surface area contributed by atoms with Gasteiger partial charge >= 0.3 is 0 Å². The summed E-state index contributed by atoms with van der Waals surface area (Å²) in [4.78, 5) is 12.2. The Hall–Kier alpha value is -1.15. The summed E-state index contributed by atoms with van der Waals surface area (Å²) in [5.74, 6) is -0.360. The number of rotatable bonds is 2. The number of alkyl halides is 1. The molecule has 0 saturated carbocycles. The van der Waals surface area contributed by atoms with Crippen molar-refractivity contribution in [2.24, 2.45) is 5.73 Å². The second-order valence-corrected chi connectivity index (χ2v) is 3.73. The van der Waals surface area contributed by atoms with Crippen LogP contribution in [0.3, 0.4) is 0 Å². The molecule has 1 saturated heterocycles. The highest BCUT2D eigenvalue weighted by Gasteiger charge is 2.34. The third-order valence-electron chi connectivity index (χ3n) is 2.39. The van der Waals surface area contributed by atoms with E-state index in [4.69, 9.17) is 11.0 Å². The fourth-order valence-corrected chi connectivity index (χ4v) is 1.30. The maximum Gasteiger partial charge on any atom is 0.237 e. The van der Waals surface area contributed by atoms with E-state index in [1.807, 2.05) is 6.07 Å². The van der Waals surface area contributed by atoms with Crippen LogP contribution in [0.4, 0.5) is 4.39 Å². The molecule has 1 aliphatic heterocycles. The average molecular weight is 229 g/mol. The second-order valence-electron chi connectivity index (χ2n) is 3.73. The molecule has 1 amide bonds. The Morgan fingerprint density at radius 3 is 2.50 bits per heavy atom. The third-order valence-corrected chi connectivity index (χ3v) is 2.39. The molecule has 16 heavy (non-hydrogen) atoms. The predicted octanol–water partition coefficient (Wildman–Crippen LogP) is 1.21. The second kappa shape index (κ2) is 8.05. The van der Waals surface area contributed by atoms with E-state index in [1.165, 1.54) is 17.7 Å². The predicted molar refractivity (Wildman–Crippen MR) is 60.3 cm³/mol. The standard InChI is InChI=1S/C7H10FN3O.C4H10/c8-5-1-6(2-9)11(4-5)7(12)3-10;1-3-4-2/h5-6H,1,3-4,10H2;3-4H2,1-2H3/t5-,6?;/m0./s1. The number of likely N-dealkylation sites (tertiary alicyclic amines) is 1. The lowest BCUT2D eigenvalue weighted by Crippen LogP contribution is -2.39. The van der Waals surface area contributed by atoms with Gasteiger partial charge in [0.25, 0.3) is 0 Å². The van der Waals surface area contributed by atoms with Gasteiger partial charge in [-0.3, -0.25) is 4.79 Å². The van der Waals surface area contributed by atoms with Gasteiger partial charge < -0.3 is 10.6 Å². The third kappa shape index (κ3) is 4.58. The molecule has 4 nitrogen and oxygen atoms in total. The zero-order chi connectivity index (χ0) is 12.6. The molecule has 2 atom stereocenters. The van der Waals surface area contributed by atoms with Gasteiger partial charge in [0.1, 0.15) is 12.2 Å². The van der Waals surface area contributed by atoms with Crippen molar-refractivity contribution >= 4 is 5.91 Å². The number of unbranched alkanes of at least 4 members (excludes halogenated alkanes) is 1. The van der Waals surface area contributed by atoms with E-state index in [0.717, 1.165) is 0 Å². The molecule has 2 N–H and O–H groups in total. The van der Waals surface area contributed by atoms with Gasteiger partial charge in [0, 0.05) is 6.42 Å². The molecule has 0 bridgehead atoms. The molecule has 92 valence electrons. The van der Waals surface area contributed by atoms with E-state index in [9.17, 15) is 9.18 Å². The van der Waals surface area contributed by atoms with Crippen LogP contribution in [0.5, 0.6) is 0 Å². The molecule has 1 fully saturated rings. The summed E-state index contributed by atoms with van der Waals surface area (Å²) < 4.78 is 12.7. The Morgan fingerprint density at radius 1 is 1.56 bits per heavy atom. The summed E-state index contributed by atoms with van der Waals surface area (Å²) in [5.41, 5.74) is 5.09. The Bertz CT molecular complexity index is 250. The van der Waals surface area contributed by atoms with Crippen molar-refractivity contribution in [3.63, 3.8) is 0 Å². The first-order valence-corrected chi connectivity index (χ1v) is 5.63. The normalized spacial score (nSPS) is 23.3. The Labute approximate surface area is 96.2 Å². The van der Waals surface area contributed by atoms with E-state index in [-0.39, 0.29) is 25.4 Å². The van der Waals surface area contributed by atoms with E-state index >= 15 is 0 Å². The summed E-state index contributed by atoms with van der Waals surface area (Å²) in [7, 11) is 0. The summed E-state index contributed by atoms with van der Waals surface area (Å²) in [6.45, 7) is 4.21. The van der Waals surface area contributed by atoms with E-state index in [0.29, 0.717) is 0 Å². The molecule has 1 unspecified atom stereocenters. The molecule has 0 aromatic carbocycles. The number of hydrogen-bond donors (Lipinski definition) is 1. The van der Waals surface area contributed by atoms with Crippen molar-refractivity contribution in [2.45, 2.75) is 45.3 Å². The lowest BCUT2D eigenvalue weighted by molar-refractivity contribution is -0.129. The Kier molecular flexibility index (Phi) is 7.48. The lowest BCUT2D eigenvalue weighted by atomic mass is 10.2. The number of carbonyl (C=O) groups is 1. The van der Waals surface area contributed by atoms with E-state index < -0.39 is 12.2 Å². The van der Waals surface area contributed by atoms with Crippen molar-refractivity contribution in [1.82, 2.24) is 4.90 Å². The maximum absolute atomic E-state index is 12.7. The van der Waals surface area contributed by atoms with Crippen LogP contribution in [0.2, 0.25) is 0 Å². The Morgan fingerprint density at radius 2 is 2.12 bits per heavy atom. The fraction of sp³-hybridized carbons (Fsp3) is 0.818. The van der Waals surface area contributed by atoms with Gasteiger partial charge in [0.15, 0.2) is 0 Å².